The van der Waals surface area contributed by atoms with Crippen LogP contribution in [0.1, 0.15) is 58.1 Å². The Labute approximate surface area is 225 Å². The zero-order chi connectivity index (χ0) is 27.8. The van der Waals surface area contributed by atoms with Crippen molar-refractivity contribution in [1.82, 2.24) is 10.6 Å². The third-order valence-corrected chi connectivity index (χ3v) is 6.83. The highest BCUT2D eigenvalue weighted by molar-refractivity contribution is 6.31. The van der Waals surface area contributed by atoms with Gasteiger partial charge in [-0.1, -0.05) is 62.2 Å². The summed E-state index contributed by atoms with van der Waals surface area (Å²) in [4.78, 5) is 12.7. The summed E-state index contributed by atoms with van der Waals surface area (Å²) in [5, 5.41) is 26.3. The molecule has 1 aliphatic rings. The summed E-state index contributed by atoms with van der Waals surface area (Å²) < 4.78 is 36.7. The quantitative estimate of drug-likeness (QED) is 0.405. The Morgan fingerprint density at radius 2 is 1.89 bits per heavy atom. The maximum atomic E-state index is 15.5. The van der Waals surface area contributed by atoms with Gasteiger partial charge in [0.25, 0.3) is 0 Å². The molecule has 37 heavy (non-hydrogen) atoms. The van der Waals surface area contributed by atoms with E-state index in [-0.39, 0.29) is 33.1 Å². The minimum Gasteiger partial charge on any atom is -0.430 e. The number of nitrogens with zero attached hydrogens (tertiary/aromatic N) is 1. The normalized spacial score (nSPS) is 24.0. The predicted octanol–water partition coefficient (Wildman–Crippen LogP) is 6.05. The average molecular weight is 554 g/mol. The van der Waals surface area contributed by atoms with Crippen molar-refractivity contribution < 1.29 is 23.4 Å². The van der Waals surface area contributed by atoms with Gasteiger partial charge in [0, 0.05) is 23.2 Å². The van der Waals surface area contributed by atoms with Gasteiger partial charge in [0.15, 0.2) is 6.23 Å². The van der Waals surface area contributed by atoms with Gasteiger partial charge in [-0.2, -0.15) is 5.26 Å². The molecular formula is C27H31Cl2F2N3O3. The number of hydrogen-bond acceptors (Lipinski definition) is 5. The average Bonchev–Trinajstić information content (AvgIpc) is 3.05. The predicted molar refractivity (Wildman–Crippen MR) is 138 cm³/mol. The van der Waals surface area contributed by atoms with Gasteiger partial charge in [0.2, 0.25) is 0 Å². The Morgan fingerprint density at radius 1 is 1.22 bits per heavy atom. The zero-order valence-electron chi connectivity index (χ0n) is 21.3. The van der Waals surface area contributed by atoms with Crippen LogP contribution >= 0.6 is 23.2 Å². The van der Waals surface area contributed by atoms with Gasteiger partial charge in [-0.15, -0.1) is 0 Å². The van der Waals surface area contributed by atoms with Crippen molar-refractivity contribution in [2.45, 2.75) is 70.2 Å². The molecule has 2 aromatic carbocycles. The molecule has 0 spiro atoms. The lowest BCUT2D eigenvalue weighted by Gasteiger charge is -2.37. The highest BCUT2D eigenvalue weighted by atomic mass is 35.5. The number of carbonyl (C=O) groups excluding carboxylic acids is 1. The van der Waals surface area contributed by atoms with Gasteiger partial charge < -0.3 is 15.2 Å². The van der Waals surface area contributed by atoms with E-state index in [9.17, 15) is 15.2 Å². The van der Waals surface area contributed by atoms with Gasteiger partial charge in [-0.3, -0.25) is 5.32 Å². The summed E-state index contributed by atoms with van der Waals surface area (Å²) in [6.07, 6.45) is -1.78. The van der Waals surface area contributed by atoms with Crippen LogP contribution in [-0.4, -0.2) is 35.6 Å². The number of halogens is 4. The molecule has 0 saturated carbocycles. The first-order valence-electron chi connectivity index (χ1n) is 11.8. The summed E-state index contributed by atoms with van der Waals surface area (Å²) in [5.41, 5.74) is -3.29. The fourth-order valence-corrected chi connectivity index (χ4v) is 5.16. The van der Waals surface area contributed by atoms with Gasteiger partial charge in [-0.05, 0) is 49.4 Å². The number of aliphatic hydroxyl groups is 1. The fraction of sp³-hybridized carbons (Fsp3) is 0.481. The van der Waals surface area contributed by atoms with Crippen LogP contribution in [-0.2, 0) is 10.2 Å². The molecule has 6 nitrogen and oxygen atoms in total. The van der Waals surface area contributed by atoms with Crippen LogP contribution in [0.4, 0.5) is 13.6 Å². The van der Waals surface area contributed by atoms with Gasteiger partial charge in [0.1, 0.15) is 17.0 Å². The van der Waals surface area contributed by atoms with E-state index in [0.29, 0.717) is 6.42 Å². The lowest BCUT2D eigenvalue weighted by molar-refractivity contribution is 0.0534. The van der Waals surface area contributed by atoms with Gasteiger partial charge in [0.05, 0.1) is 22.6 Å². The Kier molecular flexibility index (Phi) is 8.45. The summed E-state index contributed by atoms with van der Waals surface area (Å²) >= 11 is 12.1. The third kappa shape index (κ3) is 6.35. The van der Waals surface area contributed by atoms with E-state index in [0.717, 1.165) is 6.07 Å². The molecule has 1 saturated heterocycles. The summed E-state index contributed by atoms with van der Waals surface area (Å²) in [6, 6.07) is 9.80. The molecule has 0 bridgehead atoms. The second-order valence-corrected chi connectivity index (χ2v) is 12.0. The number of hydrogen-bond donors (Lipinski definition) is 3. The molecule has 200 valence electrons. The molecule has 1 fully saturated rings. The molecule has 10 heteroatoms. The zero-order valence-corrected chi connectivity index (χ0v) is 22.8. The number of amides is 1. The summed E-state index contributed by atoms with van der Waals surface area (Å²) in [7, 11) is 0. The van der Waals surface area contributed by atoms with Crippen molar-refractivity contribution >= 4 is 29.3 Å². The molecule has 4 atom stereocenters. The van der Waals surface area contributed by atoms with E-state index >= 15 is 8.78 Å². The lowest BCUT2D eigenvalue weighted by Crippen LogP contribution is -2.44. The Bertz CT molecular complexity index is 1210. The van der Waals surface area contributed by atoms with Crippen molar-refractivity contribution in [3.63, 3.8) is 0 Å². The third-order valence-electron chi connectivity index (χ3n) is 6.30. The van der Waals surface area contributed by atoms with E-state index in [1.807, 2.05) is 20.8 Å². The number of rotatable bonds is 6. The van der Waals surface area contributed by atoms with E-state index < -0.39 is 46.9 Å². The van der Waals surface area contributed by atoms with Crippen molar-refractivity contribution in [2.75, 3.05) is 6.54 Å². The molecule has 1 amide bonds. The molecular weight excluding hydrogens is 523 g/mol. The first-order chi connectivity index (χ1) is 17.1. The standard InChI is InChI=1S/C27H31Cl2F2N3O3/c1-25(2,3)12-20-27(13-32,17-10-9-15(28)11-19(17)30)21(16-7-6-8-18(29)22(16)31)23(34-20)37-24(35)33-14-26(4,5)36/h6-11,20-21,23,34,36H,12,14H2,1-5H3,(H,33,35)/t20-,21-,23+,27-/m0/s1. The minimum atomic E-state index is -1.71. The SMILES string of the molecule is CC(C)(C)C[C@@H]1N[C@H](OC(=O)NCC(C)(C)O)[C@H](c2cccc(Cl)c2F)[C@@]1(C#N)c1ccc(Cl)cc1F. The number of alkyl carbamates (subject to hydrolysis) is 1. The smallest absolute Gasteiger partial charge is 0.408 e. The number of ether oxygens (including phenoxy) is 1. The van der Waals surface area contributed by atoms with Crippen molar-refractivity contribution in [3.8, 4) is 6.07 Å². The van der Waals surface area contributed by atoms with Crippen molar-refractivity contribution in [1.29, 1.82) is 5.26 Å². The second kappa shape index (κ2) is 10.7. The Morgan fingerprint density at radius 3 is 2.46 bits per heavy atom. The van der Waals surface area contributed by atoms with Crippen LogP contribution in [0.25, 0.3) is 0 Å². The fourth-order valence-electron chi connectivity index (χ4n) is 4.82. The largest absolute Gasteiger partial charge is 0.430 e. The Balaban J connectivity index is 2.24. The number of nitrogens with one attached hydrogen (secondary N) is 2. The first kappa shape index (κ1) is 29.1. The van der Waals surface area contributed by atoms with Crippen LogP contribution in [0.15, 0.2) is 36.4 Å². The Hall–Kier alpha value is -2.44. The molecule has 3 rings (SSSR count). The summed E-state index contributed by atoms with van der Waals surface area (Å²) in [6.45, 7) is 8.76. The monoisotopic (exact) mass is 553 g/mol. The maximum Gasteiger partial charge on any atom is 0.408 e. The minimum absolute atomic E-state index is 0.00600. The first-order valence-corrected chi connectivity index (χ1v) is 12.6. The van der Waals surface area contributed by atoms with E-state index in [4.69, 9.17) is 27.9 Å². The number of benzene rings is 2. The lowest BCUT2D eigenvalue weighted by atomic mass is 9.63. The van der Waals surface area contributed by atoms with Gasteiger partial charge >= 0.3 is 6.09 Å². The van der Waals surface area contributed by atoms with Crippen LogP contribution in [0.2, 0.25) is 10.0 Å². The van der Waals surface area contributed by atoms with Crippen molar-refractivity contribution in [3.05, 3.63) is 69.2 Å². The molecule has 0 radical (unpaired) electrons. The summed E-state index contributed by atoms with van der Waals surface area (Å²) in [5.74, 6) is -2.73. The number of carbonyl (C=O) groups is 1. The molecule has 3 N–H and O–H groups in total. The van der Waals surface area contributed by atoms with Crippen LogP contribution < -0.4 is 10.6 Å². The highest BCUT2D eigenvalue weighted by Gasteiger charge is 2.61. The van der Waals surface area contributed by atoms with Crippen LogP contribution in [0.5, 0.6) is 0 Å². The molecule has 0 aromatic heterocycles. The topological polar surface area (TPSA) is 94.4 Å². The molecule has 0 unspecified atom stereocenters. The van der Waals surface area contributed by atoms with Crippen LogP contribution in [0, 0.1) is 28.4 Å². The van der Waals surface area contributed by atoms with E-state index in [1.54, 1.807) is 0 Å². The van der Waals surface area contributed by atoms with Crippen molar-refractivity contribution in [2.24, 2.45) is 5.41 Å². The van der Waals surface area contributed by atoms with E-state index in [2.05, 4.69) is 16.7 Å². The maximum absolute atomic E-state index is 15.5. The highest BCUT2D eigenvalue weighted by Crippen LogP contribution is 2.52. The molecule has 2 aromatic rings. The molecule has 1 heterocycles. The molecule has 0 aliphatic carbocycles. The number of nitriles is 1. The van der Waals surface area contributed by atoms with Gasteiger partial charge in [-0.25, -0.2) is 13.6 Å². The second-order valence-electron chi connectivity index (χ2n) is 11.2. The van der Waals surface area contributed by atoms with Crippen LogP contribution in [0.3, 0.4) is 0 Å². The molecule has 1 aliphatic heterocycles. The van der Waals surface area contributed by atoms with E-state index in [1.165, 1.54) is 44.2 Å².